The molecule has 0 bridgehead atoms. The van der Waals surface area contributed by atoms with Crippen molar-refractivity contribution < 1.29 is 14.4 Å². The van der Waals surface area contributed by atoms with E-state index in [1.54, 1.807) is 18.2 Å². The van der Waals surface area contributed by atoms with Crippen LogP contribution >= 0.6 is 23.2 Å². The molecule has 1 aromatic rings. The van der Waals surface area contributed by atoms with Crippen molar-refractivity contribution in [1.82, 2.24) is 10.9 Å². The lowest BCUT2D eigenvalue weighted by atomic mass is 10.0. The minimum atomic E-state index is -0.837. The molecule has 106 valence electrons. The summed E-state index contributed by atoms with van der Waals surface area (Å²) in [7, 11) is 0. The van der Waals surface area contributed by atoms with Gasteiger partial charge in [-0.25, -0.2) is 0 Å². The maximum atomic E-state index is 11.8. The van der Waals surface area contributed by atoms with E-state index in [4.69, 9.17) is 23.2 Å². The third-order valence-corrected chi connectivity index (χ3v) is 3.65. The summed E-state index contributed by atoms with van der Waals surface area (Å²) in [4.78, 5) is 34.3. The molecule has 0 atom stereocenters. The summed E-state index contributed by atoms with van der Waals surface area (Å²) in [6.07, 6.45) is 0.149. The molecule has 0 spiro atoms. The zero-order valence-electron chi connectivity index (χ0n) is 10.2. The van der Waals surface area contributed by atoms with E-state index in [9.17, 15) is 14.4 Å². The van der Waals surface area contributed by atoms with Crippen molar-refractivity contribution in [2.45, 2.75) is 12.8 Å². The van der Waals surface area contributed by atoms with Gasteiger partial charge in [-0.2, -0.15) is 0 Å². The molecule has 1 aliphatic rings. The van der Waals surface area contributed by atoms with Gasteiger partial charge in [0.15, 0.2) is 0 Å². The Morgan fingerprint density at radius 2 is 1.85 bits per heavy atom. The minimum Gasteiger partial charge on any atom is -0.325 e. The van der Waals surface area contributed by atoms with Crippen LogP contribution in [0, 0.1) is 5.92 Å². The molecule has 1 aromatic carbocycles. The Morgan fingerprint density at radius 1 is 1.20 bits per heavy atom. The Bertz CT molecular complexity index is 561. The quantitative estimate of drug-likeness (QED) is 0.736. The van der Waals surface area contributed by atoms with Gasteiger partial charge in [0, 0.05) is 6.42 Å². The maximum absolute atomic E-state index is 11.8. The number of benzene rings is 1. The van der Waals surface area contributed by atoms with Crippen LogP contribution in [0.25, 0.3) is 0 Å². The number of rotatable bonds is 4. The molecule has 0 unspecified atom stereocenters. The van der Waals surface area contributed by atoms with E-state index >= 15 is 0 Å². The summed E-state index contributed by atoms with van der Waals surface area (Å²) in [5.74, 6) is -2.04. The lowest BCUT2D eigenvalue weighted by molar-refractivity contribution is -0.128. The van der Waals surface area contributed by atoms with Gasteiger partial charge in [0.25, 0.3) is 11.8 Å². The van der Waals surface area contributed by atoms with Gasteiger partial charge in [0.05, 0.1) is 15.7 Å². The highest BCUT2D eigenvalue weighted by Gasteiger charge is 2.32. The van der Waals surface area contributed by atoms with E-state index in [1.165, 1.54) is 0 Å². The standard InChI is InChI=1S/C12H11Cl2N3O3/c13-7-2-1-3-8(10(7)14)15-9(18)5-4-6-11(19)16-17-12(6)20/h1-3,6H,4-5H2,(H,15,18)(H,16,19)(H,17,20). The van der Waals surface area contributed by atoms with Crippen LogP contribution in [0.1, 0.15) is 12.8 Å². The van der Waals surface area contributed by atoms with Crippen LogP contribution in [0.5, 0.6) is 0 Å². The van der Waals surface area contributed by atoms with Gasteiger partial charge in [-0.3, -0.25) is 25.2 Å². The van der Waals surface area contributed by atoms with E-state index in [0.717, 1.165) is 0 Å². The summed E-state index contributed by atoms with van der Waals surface area (Å²) in [5.41, 5.74) is 4.79. The number of carbonyl (C=O) groups is 3. The van der Waals surface area contributed by atoms with Gasteiger partial charge in [0.1, 0.15) is 5.92 Å². The zero-order chi connectivity index (χ0) is 14.7. The Morgan fingerprint density at radius 3 is 2.50 bits per heavy atom. The molecule has 2 rings (SSSR count). The number of hydrogen-bond donors (Lipinski definition) is 3. The Kier molecular flexibility index (Phi) is 4.46. The fraction of sp³-hybridized carbons (Fsp3) is 0.250. The summed E-state index contributed by atoms with van der Waals surface area (Å²) in [6.45, 7) is 0. The van der Waals surface area contributed by atoms with Crippen molar-refractivity contribution in [2.75, 3.05) is 5.32 Å². The van der Waals surface area contributed by atoms with Gasteiger partial charge in [-0.15, -0.1) is 0 Å². The van der Waals surface area contributed by atoms with E-state index < -0.39 is 17.7 Å². The second-order valence-corrected chi connectivity index (χ2v) is 5.00. The van der Waals surface area contributed by atoms with Gasteiger partial charge in [0.2, 0.25) is 5.91 Å². The summed E-state index contributed by atoms with van der Waals surface area (Å²) >= 11 is 11.8. The number of nitrogens with one attached hydrogen (secondary N) is 3. The van der Waals surface area contributed by atoms with Crippen LogP contribution in [-0.2, 0) is 14.4 Å². The van der Waals surface area contributed by atoms with E-state index in [-0.39, 0.29) is 23.8 Å². The van der Waals surface area contributed by atoms with Crippen molar-refractivity contribution in [1.29, 1.82) is 0 Å². The Labute approximate surface area is 124 Å². The normalized spacial score (nSPS) is 14.9. The molecule has 0 aromatic heterocycles. The minimum absolute atomic E-state index is 0.0222. The third-order valence-electron chi connectivity index (χ3n) is 2.83. The highest BCUT2D eigenvalue weighted by molar-refractivity contribution is 6.43. The first-order valence-electron chi connectivity index (χ1n) is 5.82. The number of halogens is 2. The third kappa shape index (κ3) is 3.20. The van der Waals surface area contributed by atoms with Crippen molar-refractivity contribution in [3.05, 3.63) is 28.2 Å². The largest absolute Gasteiger partial charge is 0.325 e. The second-order valence-electron chi connectivity index (χ2n) is 4.22. The highest BCUT2D eigenvalue weighted by Crippen LogP contribution is 2.29. The first-order chi connectivity index (χ1) is 9.49. The smallest absolute Gasteiger partial charge is 0.251 e. The average Bonchev–Trinajstić information content (AvgIpc) is 2.72. The number of amides is 3. The lowest BCUT2D eigenvalue weighted by Gasteiger charge is -2.08. The average molecular weight is 316 g/mol. The molecule has 0 radical (unpaired) electrons. The molecule has 0 saturated carbocycles. The molecule has 1 fully saturated rings. The van der Waals surface area contributed by atoms with Crippen LogP contribution in [-0.4, -0.2) is 17.7 Å². The summed E-state index contributed by atoms with van der Waals surface area (Å²) < 4.78 is 0. The molecule has 1 saturated heterocycles. The van der Waals surface area contributed by atoms with Crippen LogP contribution in [0.15, 0.2) is 18.2 Å². The molecule has 3 N–H and O–H groups in total. The van der Waals surface area contributed by atoms with E-state index in [2.05, 4.69) is 16.2 Å². The van der Waals surface area contributed by atoms with Gasteiger partial charge in [-0.1, -0.05) is 29.3 Å². The molecule has 1 aliphatic heterocycles. The Hall–Kier alpha value is -1.79. The molecule has 20 heavy (non-hydrogen) atoms. The monoisotopic (exact) mass is 315 g/mol. The van der Waals surface area contributed by atoms with Crippen LogP contribution < -0.4 is 16.2 Å². The molecule has 3 amide bonds. The molecule has 0 aliphatic carbocycles. The first kappa shape index (κ1) is 14.6. The maximum Gasteiger partial charge on any atom is 0.251 e. The number of anilines is 1. The summed E-state index contributed by atoms with van der Waals surface area (Å²) in [5, 5.41) is 3.17. The van der Waals surface area contributed by atoms with Crippen molar-refractivity contribution in [2.24, 2.45) is 5.92 Å². The topological polar surface area (TPSA) is 87.3 Å². The predicted molar refractivity (Wildman–Crippen MR) is 74.1 cm³/mol. The first-order valence-corrected chi connectivity index (χ1v) is 6.58. The van der Waals surface area contributed by atoms with Crippen LogP contribution in [0.4, 0.5) is 5.69 Å². The highest BCUT2D eigenvalue weighted by atomic mass is 35.5. The van der Waals surface area contributed by atoms with Gasteiger partial charge < -0.3 is 5.32 Å². The molecular weight excluding hydrogens is 305 g/mol. The van der Waals surface area contributed by atoms with E-state index in [1.807, 2.05) is 0 Å². The number of hydrogen-bond acceptors (Lipinski definition) is 3. The van der Waals surface area contributed by atoms with Gasteiger partial charge >= 0.3 is 0 Å². The number of hydrazine groups is 1. The molecule has 8 heteroatoms. The predicted octanol–water partition coefficient (Wildman–Crippen LogP) is 1.49. The summed E-state index contributed by atoms with van der Waals surface area (Å²) in [6, 6.07) is 4.87. The molecule has 1 heterocycles. The zero-order valence-corrected chi connectivity index (χ0v) is 11.7. The van der Waals surface area contributed by atoms with E-state index in [0.29, 0.717) is 10.7 Å². The Balaban J connectivity index is 1.91. The lowest BCUT2D eigenvalue weighted by Crippen LogP contribution is -2.28. The SMILES string of the molecule is O=C(CCC1C(=O)NNC1=O)Nc1cccc(Cl)c1Cl. The number of carbonyl (C=O) groups excluding carboxylic acids is 3. The second kappa shape index (κ2) is 6.11. The van der Waals surface area contributed by atoms with Crippen molar-refractivity contribution in [3.8, 4) is 0 Å². The fourth-order valence-corrected chi connectivity index (χ4v) is 2.11. The fourth-order valence-electron chi connectivity index (χ4n) is 1.77. The van der Waals surface area contributed by atoms with Crippen LogP contribution in [0.2, 0.25) is 10.0 Å². The molecular formula is C12H11Cl2N3O3. The van der Waals surface area contributed by atoms with Crippen molar-refractivity contribution in [3.63, 3.8) is 0 Å². The van der Waals surface area contributed by atoms with Gasteiger partial charge in [-0.05, 0) is 18.6 Å². The van der Waals surface area contributed by atoms with Crippen LogP contribution in [0.3, 0.4) is 0 Å². The van der Waals surface area contributed by atoms with Crippen molar-refractivity contribution >= 4 is 46.6 Å². The molecule has 6 nitrogen and oxygen atoms in total.